The van der Waals surface area contributed by atoms with E-state index < -0.39 is 5.92 Å². The average molecular weight is 427 g/mol. The summed E-state index contributed by atoms with van der Waals surface area (Å²) in [5, 5.41) is 5.79. The predicted molar refractivity (Wildman–Crippen MR) is 115 cm³/mol. The molecule has 0 bridgehead atoms. The van der Waals surface area contributed by atoms with Crippen LogP contribution in [-0.4, -0.2) is 35.7 Å². The van der Waals surface area contributed by atoms with Crippen molar-refractivity contribution in [1.29, 1.82) is 0 Å². The zero-order chi connectivity index (χ0) is 21.8. The second kappa shape index (κ2) is 9.14. The van der Waals surface area contributed by atoms with E-state index in [4.69, 9.17) is 0 Å². The van der Waals surface area contributed by atoms with Crippen molar-refractivity contribution < 1.29 is 18.4 Å². The van der Waals surface area contributed by atoms with Crippen LogP contribution in [0.25, 0.3) is 0 Å². The van der Waals surface area contributed by atoms with Gasteiger partial charge in [0, 0.05) is 51.1 Å². The fourth-order valence-electron chi connectivity index (χ4n) is 4.14. The molecule has 2 aromatic carbocycles. The molecule has 2 aliphatic heterocycles. The monoisotopic (exact) mass is 427 g/mol. The molecule has 0 spiro atoms. The normalized spacial score (nSPS) is 21.5. The maximum Gasteiger partial charge on any atom is 0.250 e. The molecule has 31 heavy (non-hydrogen) atoms. The number of imide groups is 1. The molecule has 1 unspecified atom stereocenters. The third-order valence-corrected chi connectivity index (χ3v) is 6.04. The molecule has 1 atom stereocenters. The van der Waals surface area contributed by atoms with Crippen molar-refractivity contribution in [3.05, 3.63) is 65.2 Å². The largest absolute Gasteiger partial charge is 0.381 e. The molecule has 2 amide bonds. The van der Waals surface area contributed by atoms with Gasteiger partial charge in [0.1, 0.15) is 0 Å². The number of piperidine rings is 2. The van der Waals surface area contributed by atoms with E-state index in [1.54, 1.807) is 0 Å². The molecule has 2 aromatic rings. The minimum absolute atomic E-state index is 0.0626. The van der Waals surface area contributed by atoms with Crippen molar-refractivity contribution in [3.8, 4) is 0 Å². The first-order valence-electron chi connectivity index (χ1n) is 10.7. The summed E-state index contributed by atoms with van der Waals surface area (Å²) < 4.78 is 26.6. The molecule has 5 nitrogen and oxygen atoms in total. The van der Waals surface area contributed by atoms with E-state index in [0.717, 1.165) is 22.4 Å². The summed E-state index contributed by atoms with van der Waals surface area (Å²) >= 11 is 0. The summed E-state index contributed by atoms with van der Waals surface area (Å²) in [5.41, 5.74) is 4.05. The van der Waals surface area contributed by atoms with E-state index in [1.807, 2.05) is 48.5 Å². The molecule has 0 aromatic heterocycles. The van der Waals surface area contributed by atoms with Crippen LogP contribution in [-0.2, 0) is 22.7 Å². The Bertz CT molecular complexity index is 936. The number of alkyl halides is 2. The van der Waals surface area contributed by atoms with Gasteiger partial charge < -0.3 is 5.32 Å². The van der Waals surface area contributed by atoms with Crippen LogP contribution in [0.4, 0.5) is 14.5 Å². The Morgan fingerprint density at radius 1 is 1.03 bits per heavy atom. The van der Waals surface area contributed by atoms with Gasteiger partial charge in [-0.2, -0.15) is 0 Å². The van der Waals surface area contributed by atoms with Crippen LogP contribution in [0.15, 0.2) is 48.5 Å². The van der Waals surface area contributed by atoms with E-state index in [0.29, 0.717) is 39.0 Å². The van der Waals surface area contributed by atoms with Gasteiger partial charge in [0.05, 0.1) is 5.92 Å². The topological polar surface area (TPSA) is 61.4 Å². The Morgan fingerprint density at radius 3 is 2.45 bits per heavy atom. The number of nitrogens with zero attached hydrogens (tertiary/aromatic N) is 1. The third kappa shape index (κ3) is 5.67. The highest BCUT2D eigenvalue weighted by Gasteiger charge is 2.33. The molecule has 2 aliphatic rings. The van der Waals surface area contributed by atoms with Crippen LogP contribution in [0.5, 0.6) is 0 Å². The standard InChI is InChI=1S/C24H27F2N3O2/c25-24(26)10-12-29(13-11-24)16-18-6-4-17(5-7-18)15-27-20-3-1-2-19(14-20)21-8-9-22(30)28-23(21)31/h1-7,14,21,27H,8-13,15-16H2,(H,28,30,31). The lowest BCUT2D eigenvalue weighted by atomic mass is 9.90. The van der Waals surface area contributed by atoms with Crippen LogP contribution < -0.4 is 10.6 Å². The number of amides is 2. The number of carbonyl (C=O) groups is 2. The van der Waals surface area contributed by atoms with Crippen LogP contribution in [0.1, 0.15) is 48.3 Å². The lowest BCUT2D eigenvalue weighted by Crippen LogP contribution is -2.39. The van der Waals surface area contributed by atoms with Crippen LogP contribution >= 0.6 is 0 Å². The summed E-state index contributed by atoms with van der Waals surface area (Å²) in [5.74, 6) is -3.26. The maximum absolute atomic E-state index is 13.3. The van der Waals surface area contributed by atoms with E-state index >= 15 is 0 Å². The van der Waals surface area contributed by atoms with Gasteiger partial charge in [-0.3, -0.25) is 19.8 Å². The summed E-state index contributed by atoms with van der Waals surface area (Å²) in [7, 11) is 0. The first kappa shape index (κ1) is 21.4. The van der Waals surface area contributed by atoms with Crippen molar-refractivity contribution in [2.45, 2.75) is 50.6 Å². The number of likely N-dealkylation sites (tertiary alicyclic amines) is 1. The molecule has 2 heterocycles. The molecular formula is C24H27F2N3O2. The van der Waals surface area contributed by atoms with Gasteiger partial charge in [0.2, 0.25) is 11.8 Å². The number of anilines is 1. The lowest BCUT2D eigenvalue weighted by Gasteiger charge is -2.31. The molecule has 164 valence electrons. The van der Waals surface area contributed by atoms with Gasteiger partial charge in [-0.15, -0.1) is 0 Å². The maximum atomic E-state index is 13.3. The third-order valence-electron chi connectivity index (χ3n) is 6.04. The van der Waals surface area contributed by atoms with Crippen molar-refractivity contribution in [2.24, 2.45) is 0 Å². The SMILES string of the molecule is O=C1CCC(c2cccc(NCc3ccc(CN4CCC(F)(F)CC4)cc3)c2)C(=O)N1. The quantitative estimate of drug-likeness (QED) is 0.683. The number of hydrogen-bond acceptors (Lipinski definition) is 4. The molecule has 2 fully saturated rings. The molecule has 0 aliphatic carbocycles. The first-order valence-corrected chi connectivity index (χ1v) is 10.7. The van der Waals surface area contributed by atoms with E-state index in [1.165, 1.54) is 0 Å². The van der Waals surface area contributed by atoms with Gasteiger partial charge in [-0.1, -0.05) is 36.4 Å². The predicted octanol–water partition coefficient (Wildman–Crippen LogP) is 4.05. The Hall–Kier alpha value is -2.80. The fraction of sp³-hybridized carbons (Fsp3) is 0.417. The zero-order valence-electron chi connectivity index (χ0n) is 17.4. The van der Waals surface area contributed by atoms with Gasteiger partial charge in [0.15, 0.2) is 0 Å². The van der Waals surface area contributed by atoms with Crippen LogP contribution in [0, 0.1) is 0 Å². The highest BCUT2D eigenvalue weighted by atomic mass is 19.3. The van der Waals surface area contributed by atoms with Gasteiger partial charge in [-0.05, 0) is 35.2 Å². The lowest BCUT2D eigenvalue weighted by molar-refractivity contribution is -0.134. The molecule has 2 N–H and O–H groups in total. The Morgan fingerprint density at radius 2 is 1.74 bits per heavy atom. The number of nitrogens with one attached hydrogen (secondary N) is 2. The molecule has 0 saturated carbocycles. The highest BCUT2D eigenvalue weighted by Crippen LogP contribution is 2.29. The number of benzene rings is 2. The number of hydrogen-bond donors (Lipinski definition) is 2. The molecular weight excluding hydrogens is 400 g/mol. The minimum Gasteiger partial charge on any atom is -0.381 e. The second-order valence-corrected chi connectivity index (χ2v) is 8.43. The summed E-state index contributed by atoms with van der Waals surface area (Å²) in [4.78, 5) is 25.5. The number of halogens is 2. The minimum atomic E-state index is -2.51. The second-order valence-electron chi connectivity index (χ2n) is 8.43. The van der Waals surface area contributed by atoms with Crippen LogP contribution in [0.2, 0.25) is 0 Å². The Kier molecular flexibility index (Phi) is 6.32. The number of rotatable bonds is 6. The van der Waals surface area contributed by atoms with Crippen LogP contribution in [0.3, 0.4) is 0 Å². The van der Waals surface area contributed by atoms with Crippen molar-refractivity contribution in [2.75, 3.05) is 18.4 Å². The van der Waals surface area contributed by atoms with E-state index in [9.17, 15) is 18.4 Å². The summed E-state index contributed by atoms with van der Waals surface area (Å²) in [6.07, 6.45) is 0.768. The molecule has 0 radical (unpaired) electrons. The summed E-state index contributed by atoms with van der Waals surface area (Å²) in [6, 6.07) is 15.9. The first-order chi connectivity index (χ1) is 14.9. The Balaban J connectivity index is 1.30. The smallest absolute Gasteiger partial charge is 0.250 e. The fourth-order valence-corrected chi connectivity index (χ4v) is 4.14. The van der Waals surface area contributed by atoms with E-state index in [2.05, 4.69) is 15.5 Å². The zero-order valence-corrected chi connectivity index (χ0v) is 17.4. The molecule has 4 rings (SSSR count). The molecule has 2 saturated heterocycles. The average Bonchev–Trinajstić information content (AvgIpc) is 2.75. The molecule has 7 heteroatoms. The Labute approximate surface area is 180 Å². The van der Waals surface area contributed by atoms with E-state index in [-0.39, 0.29) is 30.6 Å². The number of carbonyl (C=O) groups excluding carboxylic acids is 2. The summed E-state index contributed by atoms with van der Waals surface area (Å²) in [6.45, 7) is 2.19. The van der Waals surface area contributed by atoms with Gasteiger partial charge in [0.25, 0.3) is 5.92 Å². The van der Waals surface area contributed by atoms with Gasteiger partial charge >= 0.3 is 0 Å². The van der Waals surface area contributed by atoms with Crippen molar-refractivity contribution in [3.63, 3.8) is 0 Å². The van der Waals surface area contributed by atoms with Crippen molar-refractivity contribution in [1.82, 2.24) is 10.2 Å². The van der Waals surface area contributed by atoms with Crippen molar-refractivity contribution >= 4 is 17.5 Å². The van der Waals surface area contributed by atoms with Gasteiger partial charge in [-0.25, -0.2) is 8.78 Å². The highest BCUT2D eigenvalue weighted by molar-refractivity contribution is 6.01.